The fraction of sp³-hybridized carbons (Fsp3) is 0.333. The van der Waals surface area contributed by atoms with E-state index in [1.54, 1.807) is 18.2 Å². The van der Waals surface area contributed by atoms with E-state index in [0.717, 1.165) is 0 Å². The first-order valence-electron chi connectivity index (χ1n) is 6.25. The summed E-state index contributed by atoms with van der Waals surface area (Å²) < 4.78 is 34.4. The first-order chi connectivity index (χ1) is 9.96. The molecule has 2 aromatic rings. The zero-order chi connectivity index (χ0) is 15.5. The van der Waals surface area contributed by atoms with Crippen molar-refractivity contribution >= 4 is 9.84 Å². The molecule has 0 spiro atoms. The molecule has 0 radical (unpaired) electrons. The molecule has 0 amide bonds. The molecule has 2 N–H and O–H groups in total. The third kappa shape index (κ3) is 3.14. The van der Waals surface area contributed by atoms with Gasteiger partial charge in [0.25, 0.3) is 9.84 Å². The molecule has 0 aliphatic rings. The lowest BCUT2D eigenvalue weighted by atomic mass is 10.3. The van der Waals surface area contributed by atoms with Crippen LogP contribution in [0.25, 0.3) is 0 Å². The smallest absolute Gasteiger partial charge is 0.415 e. The van der Waals surface area contributed by atoms with Crippen molar-refractivity contribution in [2.24, 2.45) is 5.73 Å². The van der Waals surface area contributed by atoms with Crippen LogP contribution >= 0.6 is 0 Å². The van der Waals surface area contributed by atoms with Gasteiger partial charge in [0.05, 0.1) is 10.1 Å². The van der Waals surface area contributed by atoms with Gasteiger partial charge < -0.3 is 15.7 Å². The van der Waals surface area contributed by atoms with Crippen molar-refractivity contribution in [1.82, 2.24) is 5.16 Å². The van der Waals surface area contributed by atoms with Gasteiger partial charge in [0, 0.05) is 6.04 Å². The molecule has 0 saturated carbocycles. The quantitative estimate of drug-likeness (QED) is 0.759. The fourth-order valence-corrected chi connectivity index (χ4v) is 2.84. The zero-order valence-corrected chi connectivity index (χ0v) is 12.1. The second-order valence-corrected chi connectivity index (χ2v) is 6.20. The Hall–Kier alpha value is -2.13. The third-order valence-electron chi connectivity index (χ3n) is 2.81. The van der Waals surface area contributed by atoms with Crippen LogP contribution in [0.2, 0.25) is 0 Å². The highest BCUT2D eigenvalue weighted by Crippen LogP contribution is 2.24. The van der Waals surface area contributed by atoms with E-state index in [1.165, 1.54) is 12.1 Å². The Labute approximate surface area is 121 Å². The molecular formula is C12H15N3O5S. The number of aromatic nitrogens is 2. The highest BCUT2D eigenvalue weighted by atomic mass is 32.2. The van der Waals surface area contributed by atoms with E-state index in [4.69, 9.17) is 10.5 Å². The average molecular weight is 313 g/mol. The van der Waals surface area contributed by atoms with Crippen molar-refractivity contribution < 1.29 is 22.7 Å². The molecule has 0 aliphatic carbocycles. The van der Waals surface area contributed by atoms with Crippen molar-refractivity contribution in [2.45, 2.75) is 29.3 Å². The molecule has 0 fully saturated rings. The van der Waals surface area contributed by atoms with Crippen molar-refractivity contribution in [1.29, 1.82) is 0 Å². The summed E-state index contributed by atoms with van der Waals surface area (Å²) in [5.41, 5.74) is 5.68. The van der Waals surface area contributed by atoms with E-state index in [9.17, 15) is 13.6 Å². The standard InChI is InChI=1S/C12H15N3O5S/c1-2-9(13)8-19-11-12(15(16)20-14-11)21(17,18)10-6-4-3-5-7-10/h3-7,9H,2,8,13H2,1H3. The summed E-state index contributed by atoms with van der Waals surface area (Å²) in [6.07, 6.45) is 0.635. The van der Waals surface area contributed by atoms with Crippen LogP contribution in [0.15, 0.2) is 44.9 Å². The van der Waals surface area contributed by atoms with Crippen molar-refractivity contribution in [2.75, 3.05) is 6.61 Å². The van der Waals surface area contributed by atoms with Gasteiger partial charge in [-0.15, -0.1) is 0 Å². The largest absolute Gasteiger partial charge is 0.453 e. The SMILES string of the molecule is CCC(N)COc1no[n+]([O-])c1S(=O)(=O)c1ccccc1. The van der Waals surface area contributed by atoms with E-state index in [1.807, 2.05) is 6.92 Å². The Morgan fingerprint density at radius 3 is 2.71 bits per heavy atom. The van der Waals surface area contributed by atoms with Crippen molar-refractivity contribution in [3.63, 3.8) is 0 Å². The van der Waals surface area contributed by atoms with Crippen molar-refractivity contribution in [3.8, 4) is 5.88 Å². The Bertz CT molecular complexity index is 699. The van der Waals surface area contributed by atoms with Gasteiger partial charge in [-0.25, -0.2) is 8.42 Å². The van der Waals surface area contributed by atoms with Gasteiger partial charge in [-0.05, 0) is 23.5 Å². The van der Waals surface area contributed by atoms with Crippen LogP contribution in [0, 0.1) is 5.21 Å². The van der Waals surface area contributed by atoms with Gasteiger partial charge >= 0.3 is 10.9 Å². The number of rotatable bonds is 6. The van der Waals surface area contributed by atoms with Crippen molar-refractivity contribution in [3.05, 3.63) is 35.5 Å². The number of ether oxygens (including phenoxy) is 1. The van der Waals surface area contributed by atoms with E-state index in [2.05, 4.69) is 9.79 Å². The second kappa shape index (κ2) is 6.10. The summed E-state index contributed by atoms with van der Waals surface area (Å²) in [5, 5.41) is 14.2. The summed E-state index contributed by atoms with van der Waals surface area (Å²) in [6, 6.07) is 7.18. The maximum atomic E-state index is 12.4. The van der Waals surface area contributed by atoms with Gasteiger partial charge in [-0.3, -0.25) is 4.63 Å². The molecule has 21 heavy (non-hydrogen) atoms. The highest BCUT2D eigenvalue weighted by molar-refractivity contribution is 7.91. The molecular weight excluding hydrogens is 298 g/mol. The summed E-state index contributed by atoms with van der Waals surface area (Å²) in [7, 11) is -4.08. The van der Waals surface area contributed by atoms with Gasteiger partial charge in [0.1, 0.15) is 6.61 Å². The zero-order valence-electron chi connectivity index (χ0n) is 11.3. The number of nitrogens with two attached hydrogens (primary N) is 1. The lowest BCUT2D eigenvalue weighted by Crippen LogP contribution is -2.32. The predicted molar refractivity (Wildman–Crippen MR) is 71.1 cm³/mol. The molecule has 0 aliphatic heterocycles. The molecule has 1 atom stereocenters. The average Bonchev–Trinajstić information content (AvgIpc) is 2.87. The topological polar surface area (TPSA) is 122 Å². The molecule has 1 aromatic heterocycles. The molecule has 1 aromatic carbocycles. The molecule has 8 nitrogen and oxygen atoms in total. The van der Waals surface area contributed by atoms with Crippen LogP contribution in [0.5, 0.6) is 5.88 Å². The Morgan fingerprint density at radius 2 is 2.10 bits per heavy atom. The predicted octanol–water partition coefficient (Wildman–Crippen LogP) is 0.257. The van der Waals surface area contributed by atoms with E-state index in [0.29, 0.717) is 6.42 Å². The van der Waals surface area contributed by atoms with Crippen LogP contribution in [0.1, 0.15) is 13.3 Å². The lowest BCUT2D eigenvalue weighted by molar-refractivity contribution is -0.832. The van der Waals surface area contributed by atoms with E-state index in [-0.39, 0.29) is 22.4 Å². The first-order valence-corrected chi connectivity index (χ1v) is 7.73. The number of benzene rings is 1. The minimum Gasteiger partial charge on any atom is -0.453 e. The van der Waals surface area contributed by atoms with Gasteiger partial charge in [-0.2, -0.15) is 0 Å². The number of nitrogens with zero attached hydrogens (tertiary/aromatic N) is 2. The minimum absolute atomic E-state index is 0.0281. The van der Waals surface area contributed by atoms with Crippen LogP contribution in [0.3, 0.4) is 0 Å². The summed E-state index contributed by atoms with van der Waals surface area (Å²) in [6.45, 7) is 1.88. The molecule has 114 valence electrons. The minimum atomic E-state index is -4.08. The maximum Gasteiger partial charge on any atom is 0.415 e. The molecule has 0 bridgehead atoms. The maximum absolute atomic E-state index is 12.4. The van der Waals surface area contributed by atoms with E-state index >= 15 is 0 Å². The lowest BCUT2D eigenvalue weighted by Gasteiger charge is -2.07. The molecule has 1 unspecified atom stereocenters. The summed E-state index contributed by atoms with van der Waals surface area (Å²) in [4.78, 5) is -0.239. The Kier molecular flexibility index (Phi) is 4.43. The van der Waals surface area contributed by atoms with Gasteiger partial charge in [-0.1, -0.05) is 25.1 Å². The Morgan fingerprint density at radius 1 is 1.43 bits per heavy atom. The molecule has 9 heteroatoms. The van der Waals surface area contributed by atoms with Crippen LogP contribution in [-0.4, -0.2) is 26.2 Å². The monoisotopic (exact) mass is 313 g/mol. The van der Waals surface area contributed by atoms with Gasteiger partial charge in [0.2, 0.25) is 0 Å². The second-order valence-electron chi connectivity index (χ2n) is 4.34. The normalized spacial score (nSPS) is 13.0. The van der Waals surface area contributed by atoms with Gasteiger partial charge in [0.15, 0.2) is 0 Å². The summed E-state index contributed by atoms with van der Waals surface area (Å²) >= 11 is 0. The summed E-state index contributed by atoms with van der Waals surface area (Å²) in [5.74, 6) is -0.391. The van der Waals surface area contributed by atoms with Crippen LogP contribution in [-0.2, 0) is 9.84 Å². The fourth-order valence-electron chi connectivity index (χ4n) is 1.54. The van der Waals surface area contributed by atoms with Crippen LogP contribution in [0.4, 0.5) is 0 Å². The number of hydrogen-bond donors (Lipinski definition) is 1. The molecule has 1 heterocycles. The van der Waals surface area contributed by atoms with Crippen LogP contribution < -0.4 is 15.4 Å². The third-order valence-corrected chi connectivity index (χ3v) is 4.54. The molecule has 2 rings (SSSR count). The first kappa shape index (κ1) is 15.3. The number of sulfone groups is 1. The molecule has 0 saturated heterocycles. The number of hydrogen-bond acceptors (Lipinski definition) is 7. The highest BCUT2D eigenvalue weighted by Gasteiger charge is 2.35. The van der Waals surface area contributed by atoms with E-state index < -0.39 is 20.7 Å². The Balaban J connectivity index is 2.38.